The van der Waals surface area contributed by atoms with Crippen molar-refractivity contribution in [3.05, 3.63) is 23.2 Å². The van der Waals surface area contributed by atoms with E-state index in [0.29, 0.717) is 5.92 Å². The fourth-order valence-corrected chi connectivity index (χ4v) is 2.77. The van der Waals surface area contributed by atoms with E-state index < -0.39 is 0 Å². The molecule has 4 nitrogen and oxygen atoms in total. The maximum Gasteiger partial charge on any atom is 0.271 e. The lowest BCUT2D eigenvalue weighted by atomic mass is 9.81. The molecule has 0 spiro atoms. The van der Waals surface area contributed by atoms with Crippen molar-refractivity contribution in [3.8, 4) is 0 Å². The third-order valence-electron chi connectivity index (χ3n) is 3.93. The Kier molecular flexibility index (Phi) is 5.14. The molecular weight excluding hydrogens is 262 g/mol. The molecule has 0 unspecified atom stereocenters. The first kappa shape index (κ1) is 14.3. The van der Waals surface area contributed by atoms with Crippen LogP contribution in [0.4, 0.5) is 0 Å². The largest absolute Gasteiger partial charge is 0.350 e. The van der Waals surface area contributed by atoms with Crippen LogP contribution in [-0.4, -0.2) is 22.4 Å². The summed E-state index contributed by atoms with van der Waals surface area (Å²) in [6.45, 7) is 2.98. The van der Waals surface area contributed by atoms with Gasteiger partial charge in [-0.05, 0) is 24.7 Å². The average Bonchev–Trinajstić information content (AvgIpc) is 2.45. The van der Waals surface area contributed by atoms with Crippen molar-refractivity contribution >= 4 is 17.5 Å². The molecule has 0 aliphatic heterocycles. The zero-order valence-corrected chi connectivity index (χ0v) is 12.0. The van der Waals surface area contributed by atoms with E-state index in [1.807, 2.05) is 0 Å². The van der Waals surface area contributed by atoms with Crippen molar-refractivity contribution in [1.29, 1.82) is 0 Å². The summed E-state index contributed by atoms with van der Waals surface area (Å²) in [5.41, 5.74) is 0.287. The van der Waals surface area contributed by atoms with Crippen LogP contribution in [0.25, 0.3) is 0 Å². The molecule has 1 saturated carbocycles. The molecule has 2 rings (SSSR count). The average molecular weight is 282 g/mol. The topological polar surface area (TPSA) is 54.9 Å². The Morgan fingerprint density at radius 1 is 1.32 bits per heavy atom. The number of hydrogen-bond acceptors (Lipinski definition) is 3. The number of carbonyl (C=O) groups is 1. The summed E-state index contributed by atoms with van der Waals surface area (Å²) >= 11 is 5.72. The van der Waals surface area contributed by atoms with E-state index in [0.717, 1.165) is 12.5 Å². The molecule has 0 saturated heterocycles. The molecule has 19 heavy (non-hydrogen) atoms. The number of aromatic nitrogens is 2. The summed E-state index contributed by atoms with van der Waals surface area (Å²) in [6, 6.07) is 0. The molecule has 1 amide bonds. The van der Waals surface area contributed by atoms with Gasteiger partial charge < -0.3 is 5.32 Å². The van der Waals surface area contributed by atoms with Gasteiger partial charge in [0.15, 0.2) is 0 Å². The molecule has 104 valence electrons. The number of carbonyl (C=O) groups excluding carboxylic acids is 1. The number of halogens is 1. The number of nitrogens with zero attached hydrogens (tertiary/aromatic N) is 2. The zero-order chi connectivity index (χ0) is 13.7. The monoisotopic (exact) mass is 281 g/mol. The predicted octanol–water partition coefficient (Wildman–Crippen LogP) is 3.08. The minimum absolute atomic E-state index is 0.187. The van der Waals surface area contributed by atoms with Crippen molar-refractivity contribution in [3.63, 3.8) is 0 Å². The number of hydrogen-bond donors (Lipinski definition) is 1. The fraction of sp³-hybridized carbons (Fsp3) is 0.643. The van der Waals surface area contributed by atoms with Crippen LogP contribution in [0.1, 0.15) is 49.5 Å². The molecule has 1 aromatic rings. The van der Waals surface area contributed by atoms with Crippen LogP contribution in [0.5, 0.6) is 0 Å². The van der Waals surface area contributed by atoms with Gasteiger partial charge in [-0.1, -0.05) is 37.8 Å². The van der Waals surface area contributed by atoms with E-state index in [-0.39, 0.29) is 16.8 Å². The Morgan fingerprint density at radius 2 is 2.00 bits per heavy atom. The van der Waals surface area contributed by atoms with Crippen molar-refractivity contribution in [1.82, 2.24) is 15.3 Å². The van der Waals surface area contributed by atoms with Crippen LogP contribution in [-0.2, 0) is 0 Å². The smallest absolute Gasteiger partial charge is 0.271 e. The van der Waals surface area contributed by atoms with E-state index >= 15 is 0 Å². The van der Waals surface area contributed by atoms with Crippen LogP contribution in [0.15, 0.2) is 12.4 Å². The molecule has 1 aliphatic carbocycles. The van der Waals surface area contributed by atoms with Crippen molar-refractivity contribution in [2.75, 3.05) is 6.54 Å². The minimum atomic E-state index is -0.187. The third kappa shape index (κ3) is 4.16. The lowest BCUT2D eigenvalue weighted by Crippen LogP contribution is -2.31. The van der Waals surface area contributed by atoms with Gasteiger partial charge in [-0.2, -0.15) is 0 Å². The van der Waals surface area contributed by atoms with Crippen LogP contribution in [0, 0.1) is 11.8 Å². The van der Waals surface area contributed by atoms with Crippen molar-refractivity contribution in [2.45, 2.75) is 39.0 Å². The predicted molar refractivity (Wildman–Crippen MR) is 75.1 cm³/mol. The standard InChI is InChI=1S/C14H20ClN3O/c1-2-10-3-5-11(6-4-10)7-17-14(19)12-8-16-9-13(15)18-12/h8-11H,2-7H2,1H3,(H,17,19). The Bertz CT molecular complexity index is 430. The van der Waals surface area contributed by atoms with Crippen molar-refractivity contribution < 1.29 is 4.79 Å². The highest BCUT2D eigenvalue weighted by Gasteiger charge is 2.20. The first-order valence-electron chi connectivity index (χ1n) is 6.94. The summed E-state index contributed by atoms with van der Waals surface area (Å²) in [5.74, 6) is 1.29. The van der Waals surface area contributed by atoms with Gasteiger partial charge in [-0.15, -0.1) is 0 Å². The summed E-state index contributed by atoms with van der Waals surface area (Å²) in [4.78, 5) is 19.7. The van der Waals surface area contributed by atoms with Crippen LogP contribution >= 0.6 is 11.6 Å². The quantitative estimate of drug-likeness (QED) is 0.923. The first-order valence-corrected chi connectivity index (χ1v) is 7.32. The molecule has 1 N–H and O–H groups in total. The summed E-state index contributed by atoms with van der Waals surface area (Å²) in [5, 5.41) is 3.18. The van der Waals surface area contributed by atoms with Crippen molar-refractivity contribution in [2.24, 2.45) is 11.8 Å². The number of amides is 1. The van der Waals surface area contributed by atoms with E-state index in [2.05, 4.69) is 22.2 Å². The molecule has 5 heteroatoms. The minimum Gasteiger partial charge on any atom is -0.350 e. The highest BCUT2D eigenvalue weighted by Crippen LogP contribution is 2.30. The van der Waals surface area contributed by atoms with Gasteiger partial charge >= 0.3 is 0 Å². The van der Waals surface area contributed by atoms with E-state index in [1.54, 1.807) is 0 Å². The SMILES string of the molecule is CCC1CCC(CNC(=O)c2cncc(Cl)n2)CC1. The van der Waals surface area contributed by atoms with Gasteiger partial charge in [0.25, 0.3) is 5.91 Å². The summed E-state index contributed by atoms with van der Waals surface area (Å²) in [6.07, 6.45) is 9.12. The van der Waals surface area contributed by atoms with Crippen LogP contribution in [0.2, 0.25) is 5.15 Å². The number of nitrogens with one attached hydrogen (secondary N) is 1. The molecular formula is C14H20ClN3O. The highest BCUT2D eigenvalue weighted by molar-refractivity contribution is 6.29. The lowest BCUT2D eigenvalue weighted by molar-refractivity contribution is 0.0936. The zero-order valence-electron chi connectivity index (χ0n) is 11.2. The van der Waals surface area contributed by atoms with E-state index in [4.69, 9.17) is 11.6 Å². The Labute approximate surface area is 119 Å². The molecule has 1 heterocycles. The number of rotatable bonds is 4. The van der Waals surface area contributed by atoms with Gasteiger partial charge in [0, 0.05) is 6.54 Å². The van der Waals surface area contributed by atoms with Gasteiger partial charge in [-0.25, -0.2) is 4.98 Å². The Morgan fingerprint density at radius 3 is 2.63 bits per heavy atom. The molecule has 1 aromatic heterocycles. The van der Waals surface area contributed by atoms with Gasteiger partial charge in [-0.3, -0.25) is 9.78 Å². The maximum atomic E-state index is 11.9. The molecule has 1 aliphatic rings. The second-order valence-electron chi connectivity index (χ2n) is 5.23. The second-order valence-corrected chi connectivity index (χ2v) is 5.62. The van der Waals surface area contributed by atoms with Crippen LogP contribution in [0.3, 0.4) is 0 Å². The van der Waals surface area contributed by atoms with Crippen LogP contribution < -0.4 is 5.32 Å². The van der Waals surface area contributed by atoms with Gasteiger partial charge in [0.1, 0.15) is 10.8 Å². The molecule has 0 bridgehead atoms. The molecule has 0 atom stereocenters. The summed E-state index contributed by atoms with van der Waals surface area (Å²) in [7, 11) is 0. The first-order chi connectivity index (χ1) is 9.19. The molecule has 1 fully saturated rings. The van der Waals surface area contributed by atoms with Gasteiger partial charge in [0.2, 0.25) is 0 Å². The van der Waals surface area contributed by atoms with Gasteiger partial charge in [0.05, 0.1) is 12.4 Å². The van der Waals surface area contributed by atoms with E-state index in [9.17, 15) is 4.79 Å². The highest BCUT2D eigenvalue weighted by atomic mass is 35.5. The second kappa shape index (κ2) is 6.85. The molecule has 0 aromatic carbocycles. The lowest BCUT2D eigenvalue weighted by Gasteiger charge is -2.27. The van der Waals surface area contributed by atoms with E-state index in [1.165, 1.54) is 44.5 Å². The fourth-order valence-electron chi connectivity index (χ4n) is 2.62. The Hall–Kier alpha value is -1.16. The summed E-state index contributed by atoms with van der Waals surface area (Å²) < 4.78 is 0. The molecule has 0 radical (unpaired) electrons. The third-order valence-corrected chi connectivity index (χ3v) is 4.11. The Balaban J connectivity index is 1.78. The maximum absolute atomic E-state index is 11.9. The normalized spacial score (nSPS) is 23.1.